The molecule has 0 atom stereocenters. The first kappa shape index (κ1) is 17.6. The van der Waals surface area contributed by atoms with E-state index in [1.807, 2.05) is 19.9 Å². The Hall–Kier alpha value is -1.75. The van der Waals surface area contributed by atoms with E-state index in [1.165, 1.54) is 0 Å². The summed E-state index contributed by atoms with van der Waals surface area (Å²) >= 11 is 0. The summed E-state index contributed by atoms with van der Waals surface area (Å²) in [6.45, 7) is 10.3. The molecule has 1 N–H and O–H groups in total. The third-order valence-corrected chi connectivity index (χ3v) is 4.18. The summed E-state index contributed by atoms with van der Waals surface area (Å²) in [6.07, 6.45) is 2.02. The number of ether oxygens (including phenoxy) is 2. The van der Waals surface area contributed by atoms with Crippen molar-refractivity contribution in [2.75, 3.05) is 32.8 Å². The summed E-state index contributed by atoms with van der Waals surface area (Å²) in [5.74, 6) is 1.27. The zero-order chi connectivity index (χ0) is 16.7. The average molecular weight is 320 g/mol. The van der Waals surface area contributed by atoms with Gasteiger partial charge < -0.3 is 19.7 Å². The molecule has 128 valence electrons. The number of amides is 1. The molecule has 1 aromatic rings. The Morgan fingerprint density at radius 3 is 2.39 bits per heavy atom. The van der Waals surface area contributed by atoms with Crippen molar-refractivity contribution in [3.8, 4) is 11.5 Å². The average Bonchev–Trinajstić information content (AvgIpc) is 2.57. The van der Waals surface area contributed by atoms with Crippen molar-refractivity contribution in [1.29, 1.82) is 0 Å². The maximum Gasteiger partial charge on any atom is 0.251 e. The molecule has 0 unspecified atom stereocenters. The van der Waals surface area contributed by atoms with Gasteiger partial charge in [-0.15, -0.1) is 0 Å². The molecule has 23 heavy (non-hydrogen) atoms. The maximum atomic E-state index is 12.5. The molecule has 1 saturated heterocycles. The van der Waals surface area contributed by atoms with Crippen molar-refractivity contribution in [1.82, 2.24) is 10.2 Å². The van der Waals surface area contributed by atoms with Crippen LogP contribution >= 0.6 is 0 Å². The lowest BCUT2D eigenvalue weighted by Gasteiger charge is -2.31. The zero-order valence-electron chi connectivity index (χ0n) is 14.4. The lowest BCUT2D eigenvalue weighted by Crippen LogP contribution is -2.44. The third kappa shape index (κ3) is 4.86. The normalized spacial score (nSPS) is 16.1. The Morgan fingerprint density at radius 2 is 1.78 bits per heavy atom. The fourth-order valence-corrected chi connectivity index (χ4v) is 2.85. The first-order chi connectivity index (χ1) is 11.2. The van der Waals surface area contributed by atoms with Crippen LogP contribution in [0.25, 0.3) is 0 Å². The van der Waals surface area contributed by atoms with Gasteiger partial charge in [-0.05, 0) is 51.4 Å². The topological polar surface area (TPSA) is 50.8 Å². The van der Waals surface area contributed by atoms with Crippen LogP contribution in [0, 0.1) is 0 Å². The molecule has 0 bridgehead atoms. The first-order valence-electron chi connectivity index (χ1n) is 8.60. The highest BCUT2D eigenvalue weighted by Crippen LogP contribution is 2.28. The fraction of sp³-hybridized carbons (Fsp3) is 0.611. The van der Waals surface area contributed by atoms with E-state index in [1.54, 1.807) is 12.1 Å². The molecule has 5 heteroatoms. The Balaban J connectivity index is 2.00. The van der Waals surface area contributed by atoms with Gasteiger partial charge in [0.25, 0.3) is 5.91 Å². The fourth-order valence-electron chi connectivity index (χ4n) is 2.85. The van der Waals surface area contributed by atoms with Crippen LogP contribution in [0.5, 0.6) is 11.5 Å². The summed E-state index contributed by atoms with van der Waals surface area (Å²) in [5, 5.41) is 3.14. The molecule has 1 amide bonds. The van der Waals surface area contributed by atoms with Gasteiger partial charge in [0.1, 0.15) is 0 Å². The first-order valence-corrected chi connectivity index (χ1v) is 8.60. The van der Waals surface area contributed by atoms with Gasteiger partial charge in [-0.3, -0.25) is 4.79 Å². The van der Waals surface area contributed by atoms with Crippen molar-refractivity contribution in [3.05, 3.63) is 23.8 Å². The molecule has 0 spiro atoms. The summed E-state index contributed by atoms with van der Waals surface area (Å²) < 4.78 is 11.1. The number of hydrogen-bond acceptors (Lipinski definition) is 4. The SMILES string of the molecule is CCOc1ccc(C(=O)NC2CCN(CC)CC2)cc1OCC. The molecular weight excluding hydrogens is 292 g/mol. The second-order valence-electron chi connectivity index (χ2n) is 5.71. The van der Waals surface area contributed by atoms with Gasteiger partial charge in [0.2, 0.25) is 0 Å². The number of carbonyl (C=O) groups is 1. The number of benzene rings is 1. The highest BCUT2D eigenvalue weighted by atomic mass is 16.5. The highest BCUT2D eigenvalue weighted by molar-refractivity contribution is 5.95. The predicted molar refractivity (Wildman–Crippen MR) is 91.4 cm³/mol. The molecule has 1 aromatic carbocycles. The van der Waals surface area contributed by atoms with E-state index < -0.39 is 0 Å². The Morgan fingerprint density at radius 1 is 1.13 bits per heavy atom. The Labute approximate surface area is 139 Å². The van der Waals surface area contributed by atoms with Crippen molar-refractivity contribution in [2.45, 2.75) is 39.7 Å². The van der Waals surface area contributed by atoms with Crippen LogP contribution in [-0.4, -0.2) is 49.7 Å². The predicted octanol–water partition coefficient (Wildman–Crippen LogP) is 2.70. The number of piperidine rings is 1. The van der Waals surface area contributed by atoms with E-state index in [4.69, 9.17) is 9.47 Å². The van der Waals surface area contributed by atoms with Crippen LogP contribution in [0.15, 0.2) is 18.2 Å². The van der Waals surface area contributed by atoms with Gasteiger partial charge in [0.15, 0.2) is 11.5 Å². The number of rotatable bonds is 7. The van der Waals surface area contributed by atoms with Gasteiger partial charge in [0, 0.05) is 24.7 Å². The quantitative estimate of drug-likeness (QED) is 0.839. The summed E-state index contributed by atoms with van der Waals surface area (Å²) in [7, 11) is 0. The molecule has 1 heterocycles. The molecular formula is C18H28N2O3. The molecule has 1 aliphatic heterocycles. The zero-order valence-corrected chi connectivity index (χ0v) is 14.4. The summed E-state index contributed by atoms with van der Waals surface area (Å²) in [5.41, 5.74) is 0.620. The third-order valence-electron chi connectivity index (χ3n) is 4.18. The van der Waals surface area contributed by atoms with Crippen LogP contribution in [0.3, 0.4) is 0 Å². The Bertz CT molecular complexity index is 511. The minimum absolute atomic E-state index is 0.0380. The minimum Gasteiger partial charge on any atom is -0.490 e. The maximum absolute atomic E-state index is 12.5. The van der Waals surface area contributed by atoms with E-state index >= 15 is 0 Å². The number of carbonyl (C=O) groups excluding carboxylic acids is 1. The van der Waals surface area contributed by atoms with Gasteiger partial charge in [-0.1, -0.05) is 6.92 Å². The van der Waals surface area contributed by atoms with Crippen LogP contribution in [0.1, 0.15) is 44.0 Å². The van der Waals surface area contributed by atoms with Crippen molar-refractivity contribution in [2.24, 2.45) is 0 Å². The van der Waals surface area contributed by atoms with E-state index in [2.05, 4.69) is 17.1 Å². The standard InChI is InChI=1S/C18H28N2O3/c1-4-20-11-9-15(10-12-20)19-18(21)14-7-8-16(22-5-2)17(13-14)23-6-3/h7-8,13,15H,4-6,9-12H2,1-3H3,(H,19,21). The Kier molecular flexibility index (Phi) is 6.71. The van der Waals surface area contributed by atoms with Gasteiger partial charge >= 0.3 is 0 Å². The van der Waals surface area contributed by atoms with Crippen LogP contribution in [-0.2, 0) is 0 Å². The number of nitrogens with one attached hydrogen (secondary N) is 1. The molecule has 2 rings (SSSR count). The monoisotopic (exact) mass is 320 g/mol. The highest BCUT2D eigenvalue weighted by Gasteiger charge is 2.20. The van der Waals surface area contributed by atoms with Crippen molar-refractivity contribution in [3.63, 3.8) is 0 Å². The van der Waals surface area contributed by atoms with Gasteiger partial charge in [-0.2, -0.15) is 0 Å². The van der Waals surface area contributed by atoms with E-state index in [0.29, 0.717) is 30.3 Å². The van der Waals surface area contributed by atoms with E-state index in [0.717, 1.165) is 32.5 Å². The smallest absolute Gasteiger partial charge is 0.251 e. The number of hydrogen-bond donors (Lipinski definition) is 1. The van der Waals surface area contributed by atoms with Crippen LogP contribution in [0.4, 0.5) is 0 Å². The largest absolute Gasteiger partial charge is 0.490 e. The molecule has 0 aromatic heterocycles. The van der Waals surface area contributed by atoms with Crippen molar-refractivity contribution >= 4 is 5.91 Å². The molecule has 1 aliphatic rings. The second-order valence-corrected chi connectivity index (χ2v) is 5.71. The molecule has 5 nitrogen and oxygen atoms in total. The lowest BCUT2D eigenvalue weighted by atomic mass is 10.0. The molecule has 0 aliphatic carbocycles. The minimum atomic E-state index is -0.0380. The van der Waals surface area contributed by atoms with Gasteiger partial charge in [0.05, 0.1) is 13.2 Å². The van der Waals surface area contributed by atoms with Crippen LogP contribution in [0.2, 0.25) is 0 Å². The number of nitrogens with zero attached hydrogens (tertiary/aromatic N) is 1. The van der Waals surface area contributed by atoms with E-state index in [-0.39, 0.29) is 11.9 Å². The second kappa shape index (κ2) is 8.77. The molecule has 1 fully saturated rings. The van der Waals surface area contributed by atoms with Crippen molar-refractivity contribution < 1.29 is 14.3 Å². The van der Waals surface area contributed by atoms with E-state index in [9.17, 15) is 4.79 Å². The lowest BCUT2D eigenvalue weighted by molar-refractivity contribution is 0.0912. The summed E-state index contributed by atoms with van der Waals surface area (Å²) in [6, 6.07) is 5.63. The molecule has 0 saturated carbocycles. The molecule has 0 radical (unpaired) electrons. The van der Waals surface area contributed by atoms with Crippen LogP contribution < -0.4 is 14.8 Å². The number of likely N-dealkylation sites (tertiary alicyclic amines) is 1. The van der Waals surface area contributed by atoms with Gasteiger partial charge in [-0.25, -0.2) is 0 Å². The summed E-state index contributed by atoms with van der Waals surface area (Å²) in [4.78, 5) is 14.9.